The fraction of sp³-hybridized carbons (Fsp3) is 0.429. The fourth-order valence-corrected chi connectivity index (χ4v) is 0.880. The van der Waals surface area contributed by atoms with E-state index in [2.05, 4.69) is 15.4 Å². The molecule has 0 amide bonds. The minimum Gasteiger partial charge on any atom is -0.490 e. The Bertz CT molecular complexity index is 288. The molecule has 1 heterocycles. The maximum atomic E-state index is 5.57. The van der Waals surface area contributed by atoms with Crippen LogP contribution in [0.3, 0.4) is 0 Å². The quantitative estimate of drug-likeness (QED) is 0.640. The Hall–Kier alpha value is -1.56. The van der Waals surface area contributed by atoms with Crippen molar-refractivity contribution in [3.63, 3.8) is 0 Å². The van der Waals surface area contributed by atoms with E-state index in [1.165, 1.54) is 13.4 Å². The maximum Gasteiger partial charge on any atom is 0.205 e. The standard InChI is InChI=1S/C7H13N5O/c1-12(2)11-7-5(13-3)6(8)9-4-10-7/h4H,1-3H3,(H3,8,9,10,11). The van der Waals surface area contributed by atoms with Crippen LogP contribution in [0.2, 0.25) is 0 Å². The van der Waals surface area contributed by atoms with Gasteiger partial charge in [0.2, 0.25) is 5.75 Å². The largest absolute Gasteiger partial charge is 0.490 e. The molecular formula is C7H13N5O. The molecule has 6 heteroatoms. The number of hydrogen-bond donors (Lipinski definition) is 2. The van der Waals surface area contributed by atoms with Crippen molar-refractivity contribution < 1.29 is 4.74 Å². The average molecular weight is 183 g/mol. The zero-order valence-electron chi connectivity index (χ0n) is 7.90. The van der Waals surface area contributed by atoms with Gasteiger partial charge in [0.15, 0.2) is 11.6 Å². The summed E-state index contributed by atoms with van der Waals surface area (Å²) in [6, 6.07) is 0. The van der Waals surface area contributed by atoms with Crippen LogP contribution in [0, 0.1) is 0 Å². The van der Waals surface area contributed by atoms with Gasteiger partial charge >= 0.3 is 0 Å². The highest BCUT2D eigenvalue weighted by Gasteiger charge is 2.08. The van der Waals surface area contributed by atoms with E-state index in [0.717, 1.165) is 0 Å². The lowest BCUT2D eigenvalue weighted by molar-refractivity contribution is 0.408. The summed E-state index contributed by atoms with van der Waals surface area (Å²) >= 11 is 0. The number of nitrogen functional groups attached to an aromatic ring is 1. The van der Waals surface area contributed by atoms with E-state index in [1.807, 2.05) is 14.1 Å². The maximum absolute atomic E-state index is 5.57. The van der Waals surface area contributed by atoms with Gasteiger partial charge < -0.3 is 15.9 Å². The van der Waals surface area contributed by atoms with E-state index in [4.69, 9.17) is 10.5 Å². The summed E-state index contributed by atoms with van der Waals surface area (Å²) in [6.45, 7) is 0. The second-order valence-electron chi connectivity index (χ2n) is 2.65. The summed E-state index contributed by atoms with van der Waals surface area (Å²) in [7, 11) is 5.21. The molecule has 13 heavy (non-hydrogen) atoms. The van der Waals surface area contributed by atoms with Crippen molar-refractivity contribution >= 4 is 11.6 Å². The van der Waals surface area contributed by atoms with Gasteiger partial charge in [0, 0.05) is 14.1 Å². The van der Waals surface area contributed by atoms with Crippen molar-refractivity contribution in [1.82, 2.24) is 15.0 Å². The summed E-state index contributed by atoms with van der Waals surface area (Å²) in [4.78, 5) is 7.78. The molecule has 1 aromatic rings. The van der Waals surface area contributed by atoms with Crippen LogP contribution in [0.15, 0.2) is 6.33 Å². The molecule has 3 N–H and O–H groups in total. The number of aromatic nitrogens is 2. The van der Waals surface area contributed by atoms with Gasteiger partial charge in [0.05, 0.1) is 7.11 Å². The van der Waals surface area contributed by atoms with E-state index in [0.29, 0.717) is 17.4 Å². The van der Waals surface area contributed by atoms with Crippen LogP contribution in [-0.2, 0) is 0 Å². The van der Waals surface area contributed by atoms with Crippen LogP contribution < -0.4 is 15.9 Å². The lowest BCUT2D eigenvalue weighted by atomic mass is 10.5. The number of hydrogen-bond acceptors (Lipinski definition) is 6. The Morgan fingerprint density at radius 1 is 1.46 bits per heavy atom. The summed E-state index contributed by atoms with van der Waals surface area (Å²) in [5, 5.41) is 1.74. The number of methoxy groups -OCH3 is 1. The number of hydrazine groups is 1. The van der Waals surface area contributed by atoms with Crippen molar-refractivity contribution in [2.75, 3.05) is 32.4 Å². The van der Waals surface area contributed by atoms with Crippen LogP contribution in [0.25, 0.3) is 0 Å². The molecule has 0 aliphatic rings. The van der Waals surface area contributed by atoms with Crippen molar-refractivity contribution in [3.05, 3.63) is 6.33 Å². The number of ether oxygens (including phenoxy) is 1. The van der Waals surface area contributed by atoms with Gasteiger partial charge in [-0.2, -0.15) is 0 Å². The molecule has 0 saturated heterocycles. The molecule has 0 unspecified atom stereocenters. The average Bonchev–Trinajstić information content (AvgIpc) is 2.03. The number of nitrogens with two attached hydrogens (primary N) is 1. The molecule has 0 radical (unpaired) electrons. The predicted molar refractivity (Wildman–Crippen MR) is 50.3 cm³/mol. The first-order valence-corrected chi connectivity index (χ1v) is 3.73. The molecule has 0 aliphatic heterocycles. The lowest BCUT2D eigenvalue weighted by Crippen LogP contribution is -2.21. The minimum atomic E-state index is 0.321. The molecule has 1 aromatic heterocycles. The van der Waals surface area contributed by atoms with Gasteiger partial charge in [-0.05, 0) is 0 Å². The smallest absolute Gasteiger partial charge is 0.205 e. The van der Waals surface area contributed by atoms with Crippen LogP contribution in [-0.4, -0.2) is 36.2 Å². The molecular weight excluding hydrogens is 170 g/mol. The molecule has 0 bridgehead atoms. The topological polar surface area (TPSA) is 76.3 Å². The van der Waals surface area contributed by atoms with Crippen LogP contribution in [0.5, 0.6) is 5.75 Å². The van der Waals surface area contributed by atoms with Crippen LogP contribution >= 0.6 is 0 Å². The Kier molecular flexibility index (Phi) is 2.86. The van der Waals surface area contributed by atoms with Gasteiger partial charge in [-0.25, -0.2) is 15.0 Å². The van der Waals surface area contributed by atoms with Crippen molar-refractivity contribution in [1.29, 1.82) is 0 Å². The molecule has 0 aromatic carbocycles. The number of anilines is 2. The third-order valence-corrected chi connectivity index (χ3v) is 1.37. The predicted octanol–water partition coefficient (Wildman–Crippen LogP) is -0.0441. The Morgan fingerprint density at radius 2 is 2.15 bits per heavy atom. The number of rotatable bonds is 3. The summed E-state index contributed by atoms with van der Waals surface area (Å²) in [6.07, 6.45) is 1.38. The molecule has 0 spiro atoms. The second-order valence-corrected chi connectivity index (χ2v) is 2.65. The van der Waals surface area contributed by atoms with Crippen LogP contribution in [0.4, 0.5) is 11.6 Å². The highest BCUT2D eigenvalue weighted by molar-refractivity contribution is 5.60. The zero-order valence-corrected chi connectivity index (χ0v) is 7.90. The van der Waals surface area contributed by atoms with Gasteiger partial charge in [0.25, 0.3) is 0 Å². The lowest BCUT2D eigenvalue weighted by Gasteiger charge is -2.15. The van der Waals surface area contributed by atoms with E-state index < -0.39 is 0 Å². The minimum absolute atomic E-state index is 0.321. The molecule has 6 nitrogen and oxygen atoms in total. The second kappa shape index (κ2) is 3.90. The Morgan fingerprint density at radius 3 is 2.69 bits per heavy atom. The number of nitrogens with one attached hydrogen (secondary N) is 1. The first kappa shape index (κ1) is 9.53. The van der Waals surface area contributed by atoms with Gasteiger partial charge in [-0.1, -0.05) is 0 Å². The van der Waals surface area contributed by atoms with Crippen molar-refractivity contribution in [2.24, 2.45) is 0 Å². The SMILES string of the molecule is COc1c(N)ncnc1NN(C)C. The van der Waals surface area contributed by atoms with Gasteiger partial charge in [0.1, 0.15) is 6.33 Å². The number of nitrogens with zero attached hydrogens (tertiary/aromatic N) is 3. The monoisotopic (exact) mass is 183 g/mol. The van der Waals surface area contributed by atoms with Gasteiger partial charge in [-0.3, -0.25) is 0 Å². The van der Waals surface area contributed by atoms with E-state index in [1.54, 1.807) is 5.01 Å². The molecule has 0 saturated carbocycles. The molecule has 0 aliphatic carbocycles. The first-order chi connectivity index (χ1) is 6.15. The molecule has 72 valence electrons. The van der Waals surface area contributed by atoms with Crippen molar-refractivity contribution in [3.8, 4) is 5.75 Å². The van der Waals surface area contributed by atoms with E-state index in [9.17, 15) is 0 Å². The molecule has 0 atom stereocenters. The van der Waals surface area contributed by atoms with Gasteiger partial charge in [-0.15, -0.1) is 0 Å². The normalized spacial score (nSPS) is 10.2. The molecule has 1 rings (SSSR count). The van der Waals surface area contributed by atoms with Crippen LogP contribution in [0.1, 0.15) is 0 Å². The Balaban J connectivity index is 2.98. The molecule has 0 fully saturated rings. The highest BCUT2D eigenvalue weighted by atomic mass is 16.5. The van der Waals surface area contributed by atoms with E-state index in [-0.39, 0.29) is 0 Å². The third-order valence-electron chi connectivity index (χ3n) is 1.37. The summed E-state index contributed by atoms with van der Waals surface area (Å²) < 4.78 is 5.04. The zero-order chi connectivity index (χ0) is 9.84. The summed E-state index contributed by atoms with van der Waals surface area (Å²) in [5.74, 6) is 1.33. The third kappa shape index (κ3) is 2.19. The van der Waals surface area contributed by atoms with Crippen molar-refractivity contribution in [2.45, 2.75) is 0 Å². The highest BCUT2D eigenvalue weighted by Crippen LogP contribution is 2.25. The summed E-state index contributed by atoms with van der Waals surface area (Å²) in [5.41, 5.74) is 8.52. The van der Waals surface area contributed by atoms with E-state index >= 15 is 0 Å². The Labute approximate surface area is 76.7 Å². The first-order valence-electron chi connectivity index (χ1n) is 3.73. The fourth-order valence-electron chi connectivity index (χ4n) is 0.880.